The molecule has 0 radical (unpaired) electrons. The van der Waals surface area contributed by atoms with Crippen LogP contribution in [0.25, 0.3) is 0 Å². The fraction of sp³-hybridized carbons (Fsp3) is 0.700. The maximum atomic E-state index is 11.3. The zero-order valence-electron chi connectivity index (χ0n) is 9.56. The first-order valence-electron chi connectivity index (χ1n) is 5.51. The first-order chi connectivity index (χ1) is 7.66. The molecule has 0 bridgehead atoms. The van der Waals surface area contributed by atoms with Gasteiger partial charge >= 0.3 is 6.09 Å². The lowest BCUT2D eigenvalue weighted by atomic mass is 10.2. The lowest BCUT2D eigenvalue weighted by Crippen LogP contribution is -2.30. The van der Waals surface area contributed by atoms with Gasteiger partial charge in [-0.1, -0.05) is 5.21 Å². The van der Waals surface area contributed by atoms with E-state index in [-0.39, 0.29) is 12.6 Å². The van der Waals surface area contributed by atoms with Crippen molar-refractivity contribution in [2.24, 2.45) is 0 Å². The van der Waals surface area contributed by atoms with Crippen LogP contribution in [0.2, 0.25) is 0 Å². The smallest absolute Gasteiger partial charge is 0.407 e. The molecule has 1 aromatic rings. The van der Waals surface area contributed by atoms with Crippen molar-refractivity contribution in [3.8, 4) is 0 Å². The molecule has 1 amide bonds. The number of hydrogen-bond acceptors (Lipinski definition) is 4. The van der Waals surface area contributed by atoms with E-state index in [0.717, 1.165) is 30.8 Å². The number of carbonyl (C=O) groups excluding carboxylic acids is 1. The summed E-state index contributed by atoms with van der Waals surface area (Å²) in [5.41, 5.74) is 1.87. The molecule has 88 valence electrons. The summed E-state index contributed by atoms with van der Waals surface area (Å²) in [6.45, 7) is 4.89. The average Bonchev–Trinajstić information content (AvgIpc) is 2.75. The van der Waals surface area contributed by atoms with Crippen LogP contribution in [0.1, 0.15) is 31.7 Å². The number of ether oxygens (including phenoxy) is 1. The van der Waals surface area contributed by atoms with E-state index < -0.39 is 6.09 Å². The fourth-order valence-corrected chi connectivity index (χ4v) is 1.74. The van der Waals surface area contributed by atoms with Crippen LogP contribution in [0.15, 0.2) is 0 Å². The number of aryl methyl sites for hydroxylation is 1. The highest BCUT2D eigenvalue weighted by Crippen LogP contribution is 2.16. The number of rotatable bonds is 3. The molecule has 1 aliphatic heterocycles. The molecule has 0 saturated carbocycles. The predicted octanol–water partition coefficient (Wildman–Crippen LogP) is 0.859. The molecule has 0 saturated heterocycles. The van der Waals surface area contributed by atoms with Crippen LogP contribution >= 0.6 is 0 Å². The van der Waals surface area contributed by atoms with Gasteiger partial charge in [0.25, 0.3) is 0 Å². The minimum atomic E-state index is -0.408. The van der Waals surface area contributed by atoms with E-state index in [1.807, 2.05) is 18.5 Å². The molecule has 0 aliphatic carbocycles. The highest BCUT2D eigenvalue weighted by molar-refractivity contribution is 5.67. The van der Waals surface area contributed by atoms with Crippen molar-refractivity contribution in [1.82, 2.24) is 20.3 Å². The number of nitrogens with one attached hydrogen (secondary N) is 1. The fourth-order valence-electron chi connectivity index (χ4n) is 1.74. The Labute approximate surface area is 94.0 Å². The summed E-state index contributed by atoms with van der Waals surface area (Å²) in [7, 11) is 0. The van der Waals surface area contributed by atoms with Crippen molar-refractivity contribution in [2.45, 2.75) is 45.9 Å². The minimum Gasteiger partial charge on any atom is -0.443 e. The normalized spacial score (nSPS) is 13.9. The van der Waals surface area contributed by atoms with Crippen molar-refractivity contribution in [3.05, 3.63) is 11.4 Å². The highest BCUT2D eigenvalue weighted by Gasteiger charge is 2.18. The van der Waals surface area contributed by atoms with Crippen molar-refractivity contribution in [3.63, 3.8) is 0 Å². The molecule has 0 aromatic carbocycles. The van der Waals surface area contributed by atoms with Crippen LogP contribution in [0.4, 0.5) is 4.79 Å². The number of fused-ring (bicyclic) bond motifs is 1. The van der Waals surface area contributed by atoms with Gasteiger partial charge in [-0.15, -0.1) is 5.10 Å². The van der Waals surface area contributed by atoms with Crippen molar-refractivity contribution in [2.75, 3.05) is 0 Å². The Morgan fingerprint density at radius 3 is 3.19 bits per heavy atom. The van der Waals surface area contributed by atoms with Crippen LogP contribution in [-0.2, 0) is 24.3 Å². The standard InChI is InChI=1S/C10H16N4O2/c1-7(2)11-10(15)16-6-8-9-4-3-5-14(9)13-12-8/h7H,3-6H2,1-2H3,(H,11,15). The molecular formula is C10H16N4O2. The van der Waals surface area contributed by atoms with Gasteiger partial charge in [-0.3, -0.25) is 0 Å². The van der Waals surface area contributed by atoms with Gasteiger partial charge in [-0.25, -0.2) is 9.48 Å². The quantitative estimate of drug-likeness (QED) is 0.826. The number of hydrogen-bond donors (Lipinski definition) is 1. The summed E-state index contributed by atoms with van der Waals surface area (Å²) in [5.74, 6) is 0. The Kier molecular flexibility index (Phi) is 3.07. The third-order valence-electron chi connectivity index (χ3n) is 2.45. The first kappa shape index (κ1) is 10.9. The molecule has 0 unspecified atom stereocenters. The molecule has 2 heterocycles. The van der Waals surface area contributed by atoms with Gasteiger partial charge in [0.05, 0.1) is 5.69 Å². The summed E-state index contributed by atoms with van der Waals surface area (Å²) in [6.07, 6.45) is 1.66. The second-order valence-electron chi connectivity index (χ2n) is 4.18. The van der Waals surface area contributed by atoms with E-state index in [0.29, 0.717) is 0 Å². The molecule has 0 fully saturated rings. The number of aromatic nitrogens is 3. The highest BCUT2D eigenvalue weighted by atomic mass is 16.5. The van der Waals surface area contributed by atoms with Gasteiger partial charge in [0.15, 0.2) is 0 Å². The van der Waals surface area contributed by atoms with Crippen molar-refractivity contribution >= 4 is 6.09 Å². The average molecular weight is 224 g/mol. The molecule has 0 atom stereocenters. The van der Waals surface area contributed by atoms with E-state index in [9.17, 15) is 4.79 Å². The topological polar surface area (TPSA) is 69.0 Å². The molecule has 6 nitrogen and oxygen atoms in total. The zero-order chi connectivity index (χ0) is 11.5. The molecule has 6 heteroatoms. The Balaban J connectivity index is 1.88. The van der Waals surface area contributed by atoms with Crippen LogP contribution in [0.5, 0.6) is 0 Å². The number of amides is 1. The summed E-state index contributed by atoms with van der Waals surface area (Å²) in [6, 6.07) is 0.0818. The Morgan fingerprint density at radius 2 is 2.44 bits per heavy atom. The van der Waals surface area contributed by atoms with Gasteiger partial charge < -0.3 is 10.1 Å². The lowest BCUT2D eigenvalue weighted by molar-refractivity contribution is 0.135. The molecular weight excluding hydrogens is 208 g/mol. The molecule has 1 aromatic heterocycles. The van der Waals surface area contributed by atoms with E-state index in [2.05, 4.69) is 15.6 Å². The van der Waals surface area contributed by atoms with Gasteiger partial charge in [0, 0.05) is 12.6 Å². The molecule has 16 heavy (non-hydrogen) atoms. The third-order valence-corrected chi connectivity index (χ3v) is 2.45. The van der Waals surface area contributed by atoms with Gasteiger partial charge in [0.1, 0.15) is 12.3 Å². The second-order valence-corrected chi connectivity index (χ2v) is 4.18. The Morgan fingerprint density at radius 1 is 1.62 bits per heavy atom. The summed E-state index contributed by atoms with van der Waals surface area (Å²) in [5, 5.41) is 10.6. The van der Waals surface area contributed by atoms with Gasteiger partial charge in [-0.2, -0.15) is 0 Å². The molecule has 1 aliphatic rings. The predicted molar refractivity (Wildman–Crippen MR) is 56.8 cm³/mol. The minimum absolute atomic E-state index is 0.0818. The summed E-state index contributed by atoms with van der Waals surface area (Å²) < 4.78 is 6.93. The van der Waals surface area contributed by atoms with Gasteiger partial charge in [0.2, 0.25) is 0 Å². The third kappa shape index (κ3) is 2.32. The molecule has 1 N–H and O–H groups in total. The zero-order valence-corrected chi connectivity index (χ0v) is 9.56. The Bertz CT molecular complexity index is 386. The van der Waals surface area contributed by atoms with Crippen LogP contribution < -0.4 is 5.32 Å². The SMILES string of the molecule is CC(C)NC(=O)OCc1nnn2c1CCC2. The molecule has 0 spiro atoms. The van der Waals surface area contributed by atoms with E-state index in [1.54, 1.807) is 0 Å². The largest absolute Gasteiger partial charge is 0.443 e. The maximum absolute atomic E-state index is 11.3. The van der Waals surface area contributed by atoms with E-state index >= 15 is 0 Å². The van der Waals surface area contributed by atoms with Crippen LogP contribution in [-0.4, -0.2) is 27.1 Å². The van der Waals surface area contributed by atoms with E-state index in [4.69, 9.17) is 4.74 Å². The lowest BCUT2D eigenvalue weighted by Gasteiger charge is -2.08. The Hall–Kier alpha value is -1.59. The van der Waals surface area contributed by atoms with Crippen LogP contribution in [0.3, 0.4) is 0 Å². The molecule has 2 rings (SSSR count). The number of nitrogens with zero attached hydrogens (tertiary/aromatic N) is 3. The van der Waals surface area contributed by atoms with Gasteiger partial charge in [-0.05, 0) is 26.7 Å². The van der Waals surface area contributed by atoms with Crippen molar-refractivity contribution in [1.29, 1.82) is 0 Å². The number of alkyl carbamates (subject to hydrolysis) is 1. The first-order valence-corrected chi connectivity index (χ1v) is 5.51. The summed E-state index contributed by atoms with van der Waals surface area (Å²) in [4.78, 5) is 11.3. The van der Waals surface area contributed by atoms with Crippen LogP contribution in [0, 0.1) is 0 Å². The van der Waals surface area contributed by atoms with E-state index in [1.165, 1.54) is 0 Å². The monoisotopic (exact) mass is 224 g/mol. The second kappa shape index (κ2) is 4.51. The van der Waals surface area contributed by atoms with Crippen molar-refractivity contribution < 1.29 is 9.53 Å². The number of carbonyl (C=O) groups is 1. The maximum Gasteiger partial charge on any atom is 0.407 e. The summed E-state index contributed by atoms with van der Waals surface area (Å²) >= 11 is 0.